The van der Waals surface area contributed by atoms with Crippen molar-refractivity contribution in [1.82, 2.24) is 4.98 Å². The Bertz CT molecular complexity index is 265. The summed E-state index contributed by atoms with van der Waals surface area (Å²) in [5.74, 6) is 0. The third kappa shape index (κ3) is 3.32. The second-order valence-electron chi connectivity index (χ2n) is 3.62. The van der Waals surface area contributed by atoms with E-state index < -0.39 is 0 Å². The number of nitrogens with zero attached hydrogens (tertiary/aromatic N) is 1. The number of aromatic nitrogens is 1. The van der Waals surface area contributed by atoms with Gasteiger partial charge in [0.1, 0.15) is 4.60 Å². The molecule has 0 saturated heterocycles. The molecule has 1 aromatic heterocycles. The average molecular weight is 229 g/mol. The first kappa shape index (κ1) is 9.68. The molecular weight excluding hydrogens is 216 g/mol. The van der Waals surface area contributed by atoms with Gasteiger partial charge in [0, 0.05) is 17.7 Å². The van der Waals surface area contributed by atoms with Crippen LogP contribution in [0.1, 0.15) is 19.5 Å². The summed E-state index contributed by atoms with van der Waals surface area (Å²) in [6.45, 7) is 3.99. The molecule has 12 heavy (non-hydrogen) atoms. The summed E-state index contributed by atoms with van der Waals surface area (Å²) in [5, 5.41) is 0. The third-order valence-corrected chi connectivity index (χ3v) is 1.85. The van der Waals surface area contributed by atoms with Crippen molar-refractivity contribution in [3.63, 3.8) is 0 Å². The lowest BCUT2D eigenvalue weighted by Gasteiger charge is -2.17. The van der Waals surface area contributed by atoms with Crippen molar-refractivity contribution in [3.05, 3.63) is 28.5 Å². The molecule has 0 bridgehead atoms. The zero-order valence-electron chi connectivity index (χ0n) is 7.34. The number of rotatable bonds is 2. The van der Waals surface area contributed by atoms with Gasteiger partial charge in [0.25, 0.3) is 0 Å². The SMILES string of the molecule is CC(C)(N)Cc1cccc(Br)n1. The third-order valence-electron chi connectivity index (χ3n) is 1.41. The van der Waals surface area contributed by atoms with Gasteiger partial charge in [-0.15, -0.1) is 0 Å². The standard InChI is InChI=1S/C9H13BrN2/c1-9(2,11)6-7-4-3-5-8(10)12-7/h3-5H,6,11H2,1-2H3. The Balaban J connectivity index is 2.77. The lowest BCUT2D eigenvalue weighted by Crippen LogP contribution is -2.34. The van der Waals surface area contributed by atoms with E-state index in [1.807, 2.05) is 32.0 Å². The van der Waals surface area contributed by atoms with Gasteiger partial charge in [0.2, 0.25) is 0 Å². The number of nitrogens with two attached hydrogens (primary N) is 1. The first-order chi connectivity index (χ1) is 5.47. The van der Waals surface area contributed by atoms with E-state index >= 15 is 0 Å². The fraction of sp³-hybridized carbons (Fsp3) is 0.444. The number of hydrogen-bond donors (Lipinski definition) is 1. The highest BCUT2D eigenvalue weighted by molar-refractivity contribution is 9.10. The fourth-order valence-electron chi connectivity index (χ4n) is 1.02. The van der Waals surface area contributed by atoms with Crippen LogP contribution < -0.4 is 5.73 Å². The lowest BCUT2D eigenvalue weighted by atomic mass is 10.00. The minimum absolute atomic E-state index is 0.187. The zero-order chi connectivity index (χ0) is 9.19. The molecular formula is C9H13BrN2. The van der Waals surface area contributed by atoms with Crippen molar-refractivity contribution >= 4 is 15.9 Å². The van der Waals surface area contributed by atoms with Crippen LogP contribution in [-0.2, 0) is 6.42 Å². The molecule has 0 spiro atoms. The van der Waals surface area contributed by atoms with Gasteiger partial charge in [0.05, 0.1) is 0 Å². The summed E-state index contributed by atoms with van der Waals surface area (Å²) in [6.07, 6.45) is 0.798. The molecule has 0 aliphatic rings. The smallest absolute Gasteiger partial charge is 0.106 e. The van der Waals surface area contributed by atoms with Crippen LogP contribution in [-0.4, -0.2) is 10.5 Å². The van der Waals surface area contributed by atoms with E-state index in [0.29, 0.717) is 0 Å². The van der Waals surface area contributed by atoms with Crippen molar-refractivity contribution < 1.29 is 0 Å². The second kappa shape index (κ2) is 3.54. The second-order valence-corrected chi connectivity index (χ2v) is 4.43. The van der Waals surface area contributed by atoms with Crippen LogP contribution in [0.2, 0.25) is 0 Å². The largest absolute Gasteiger partial charge is 0.325 e. The van der Waals surface area contributed by atoms with Crippen LogP contribution in [0.4, 0.5) is 0 Å². The fourth-order valence-corrected chi connectivity index (χ4v) is 1.40. The van der Waals surface area contributed by atoms with Gasteiger partial charge < -0.3 is 5.73 Å². The Morgan fingerprint density at radius 1 is 1.50 bits per heavy atom. The number of pyridine rings is 1. The van der Waals surface area contributed by atoms with Gasteiger partial charge >= 0.3 is 0 Å². The molecule has 0 unspecified atom stereocenters. The van der Waals surface area contributed by atoms with E-state index in [1.54, 1.807) is 0 Å². The Labute approximate surface area is 81.3 Å². The lowest BCUT2D eigenvalue weighted by molar-refractivity contribution is 0.510. The molecule has 0 aromatic carbocycles. The highest BCUT2D eigenvalue weighted by Gasteiger charge is 2.12. The maximum atomic E-state index is 5.86. The zero-order valence-corrected chi connectivity index (χ0v) is 8.93. The molecule has 1 aromatic rings. The van der Waals surface area contributed by atoms with E-state index in [2.05, 4.69) is 20.9 Å². The van der Waals surface area contributed by atoms with Gasteiger partial charge in [-0.05, 0) is 41.9 Å². The molecule has 0 amide bonds. The molecule has 1 heterocycles. The van der Waals surface area contributed by atoms with E-state index in [-0.39, 0.29) is 5.54 Å². The molecule has 0 aliphatic carbocycles. The van der Waals surface area contributed by atoms with Gasteiger partial charge in [-0.25, -0.2) is 4.98 Å². The predicted molar refractivity (Wildman–Crippen MR) is 53.9 cm³/mol. The van der Waals surface area contributed by atoms with Crippen molar-refractivity contribution in [3.8, 4) is 0 Å². The average Bonchev–Trinajstić information content (AvgIpc) is 1.82. The Hall–Kier alpha value is -0.410. The van der Waals surface area contributed by atoms with Crippen molar-refractivity contribution in [2.75, 3.05) is 0 Å². The summed E-state index contributed by atoms with van der Waals surface area (Å²) in [4.78, 5) is 4.30. The van der Waals surface area contributed by atoms with Gasteiger partial charge in [0.15, 0.2) is 0 Å². The maximum Gasteiger partial charge on any atom is 0.106 e. The topological polar surface area (TPSA) is 38.9 Å². The molecule has 66 valence electrons. The summed E-state index contributed by atoms with van der Waals surface area (Å²) in [6, 6.07) is 5.87. The number of hydrogen-bond acceptors (Lipinski definition) is 2. The maximum absolute atomic E-state index is 5.86. The van der Waals surface area contributed by atoms with Gasteiger partial charge in [-0.2, -0.15) is 0 Å². The molecule has 0 fully saturated rings. The molecule has 0 aliphatic heterocycles. The molecule has 0 radical (unpaired) electrons. The monoisotopic (exact) mass is 228 g/mol. The minimum atomic E-state index is -0.187. The van der Waals surface area contributed by atoms with E-state index in [0.717, 1.165) is 16.7 Å². The first-order valence-corrected chi connectivity index (χ1v) is 4.67. The molecule has 2 nitrogen and oxygen atoms in total. The normalized spacial score (nSPS) is 11.7. The van der Waals surface area contributed by atoms with Crippen LogP contribution in [0.25, 0.3) is 0 Å². The summed E-state index contributed by atoms with van der Waals surface area (Å²) in [7, 11) is 0. The van der Waals surface area contributed by atoms with Crippen molar-refractivity contribution in [2.24, 2.45) is 5.73 Å². The molecule has 3 heteroatoms. The highest BCUT2D eigenvalue weighted by Crippen LogP contribution is 2.11. The molecule has 0 saturated carbocycles. The van der Waals surface area contributed by atoms with Gasteiger partial charge in [-0.3, -0.25) is 0 Å². The Kier molecular flexibility index (Phi) is 2.85. The summed E-state index contributed by atoms with van der Waals surface area (Å²) in [5.41, 5.74) is 6.70. The number of halogens is 1. The Morgan fingerprint density at radius 3 is 2.67 bits per heavy atom. The van der Waals surface area contributed by atoms with Gasteiger partial charge in [-0.1, -0.05) is 6.07 Å². The molecule has 2 N–H and O–H groups in total. The van der Waals surface area contributed by atoms with E-state index in [4.69, 9.17) is 5.73 Å². The van der Waals surface area contributed by atoms with E-state index in [9.17, 15) is 0 Å². The highest BCUT2D eigenvalue weighted by atomic mass is 79.9. The van der Waals surface area contributed by atoms with E-state index in [1.165, 1.54) is 0 Å². The van der Waals surface area contributed by atoms with Crippen LogP contribution >= 0.6 is 15.9 Å². The Morgan fingerprint density at radius 2 is 2.17 bits per heavy atom. The predicted octanol–water partition coefficient (Wildman–Crippen LogP) is 2.12. The van der Waals surface area contributed by atoms with Crippen LogP contribution in [0.3, 0.4) is 0 Å². The van der Waals surface area contributed by atoms with Crippen LogP contribution in [0.5, 0.6) is 0 Å². The van der Waals surface area contributed by atoms with Crippen LogP contribution in [0, 0.1) is 0 Å². The molecule has 1 rings (SSSR count). The molecule has 0 atom stereocenters. The first-order valence-electron chi connectivity index (χ1n) is 3.88. The van der Waals surface area contributed by atoms with Crippen LogP contribution in [0.15, 0.2) is 22.8 Å². The quantitative estimate of drug-likeness (QED) is 0.789. The summed E-state index contributed by atoms with van der Waals surface area (Å²) < 4.78 is 0.865. The van der Waals surface area contributed by atoms with Crippen molar-refractivity contribution in [1.29, 1.82) is 0 Å². The minimum Gasteiger partial charge on any atom is -0.325 e. The van der Waals surface area contributed by atoms with Crippen molar-refractivity contribution in [2.45, 2.75) is 25.8 Å². The summed E-state index contributed by atoms with van der Waals surface area (Å²) >= 11 is 3.32.